The summed E-state index contributed by atoms with van der Waals surface area (Å²) in [5, 5.41) is 10.5. The van der Waals surface area contributed by atoms with Gasteiger partial charge < -0.3 is 4.42 Å². The van der Waals surface area contributed by atoms with Crippen LogP contribution in [0.25, 0.3) is 0 Å². The van der Waals surface area contributed by atoms with E-state index in [2.05, 4.69) is 13.8 Å². The number of hydrogen-bond donors (Lipinski definition) is 0. The average molecular weight is 253 g/mol. The van der Waals surface area contributed by atoms with Crippen LogP contribution in [0.1, 0.15) is 58.1 Å². The summed E-state index contributed by atoms with van der Waals surface area (Å²) in [6.07, 6.45) is 8.17. The summed E-state index contributed by atoms with van der Waals surface area (Å²) >= 11 is 0. The zero-order chi connectivity index (χ0) is 13.4. The maximum atomic E-state index is 10.5. The van der Waals surface area contributed by atoms with Crippen LogP contribution in [0.3, 0.4) is 0 Å². The minimum Gasteiger partial charge on any atom is -0.406 e. The van der Waals surface area contributed by atoms with Crippen LogP contribution in [0.2, 0.25) is 0 Å². The van der Waals surface area contributed by atoms with Gasteiger partial charge in [0.25, 0.3) is 0 Å². The first-order chi connectivity index (χ1) is 8.67. The highest BCUT2D eigenvalue weighted by Crippen LogP contribution is 2.23. The van der Waals surface area contributed by atoms with Crippen molar-refractivity contribution in [2.75, 3.05) is 0 Å². The number of hydrogen-bond acceptors (Lipinski definition) is 3. The summed E-state index contributed by atoms with van der Waals surface area (Å²) in [5.74, 6) is 1.17. The molecule has 1 atom stereocenters. The lowest BCUT2D eigenvalue weighted by Crippen LogP contribution is -2.02. The molecular formula is C14H23NO3. The summed E-state index contributed by atoms with van der Waals surface area (Å²) in [4.78, 5) is 10.0. The van der Waals surface area contributed by atoms with Gasteiger partial charge in [0.05, 0.1) is 6.07 Å². The Hall–Kier alpha value is -1.32. The van der Waals surface area contributed by atoms with E-state index in [1.807, 2.05) is 0 Å². The van der Waals surface area contributed by atoms with Gasteiger partial charge in [-0.05, 0) is 12.0 Å². The quantitative estimate of drug-likeness (QED) is 0.363. The molecule has 0 aliphatic carbocycles. The number of nitro groups is 1. The van der Waals surface area contributed by atoms with Crippen LogP contribution in [-0.2, 0) is 6.42 Å². The fraction of sp³-hybridized carbons (Fsp3) is 0.714. The number of unbranched alkanes of at least 4 members (excludes halogenated alkanes) is 3. The topological polar surface area (TPSA) is 56.3 Å². The first-order valence-corrected chi connectivity index (χ1v) is 6.90. The van der Waals surface area contributed by atoms with Crippen LogP contribution >= 0.6 is 0 Å². The monoisotopic (exact) mass is 253 g/mol. The van der Waals surface area contributed by atoms with Gasteiger partial charge in [0, 0.05) is 6.42 Å². The Kier molecular flexibility index (Phi) is 6.47. The van der Waals surface area contributed by atoms with Crippen molar-refractivity contribution in [3.8, 4) is 0 Å². The molecule has 0 N–H and O–H groups in total. The number of furan rings is 1. The Morgan fingerprint density at radius 1 is 1.28 bits per heavy atom. The molecule has 102 valence electrons. The van der Waals surface area contributed by atoms with Gasteiger partial charge in [0.1, 0.15) is 10.7 Å². The Bertz CT molecular complexity index is 360. The highest BCUT2D eigenvalue weighted by molar-refractivity contribution is 5.18. The minimum atomic E-state index is -0.480. The van der Waals surface area contributed by atoms with Crippen LogP contribution in [-0.4, -0.2) is 4.92 Å². The molecule has 4 nitrogen and oxygen atoms in total. The van der Waals surface area contributed by atoms with E-state index in [0.717, 1.165) is 18.6 Å². The van der Waals surface area contributed by atoms with Gasteiger partial charge in [0.2, 0.25) is 0 Å². The molecule has 0 saturated carbocycles. The van der Waals surface area contributed by atoms with Crippen molar-refractivity contribution in [2.24, 2.45) is 5.92 Å². The minimum absolute atomic E-state index is 0.147. The van der Waals surface area contributed by atoms with Crippen LogP contribution in [0.15, 0.2) is 16.5 Å². The number of nitrogens with zero attached hydrogens (tertiary/aromatic N) is 1. The molecule has 1 unspecified atom stereocenters. The van der Waals surface area contributed by atoms with Crippen molar-refractivity contribution in [1.29, 1.82) is 0 Å². The molecule has 0 fully saturated rings. The van der Waals surface area contributed by atoms with Gasteiger partial charge in [-0.25, -0.2) is 0 Å². The Morgan fingerprint density at radius 2 is 2.06 bits per heavy atom. The van der Waals surface area contributed by atoms with Crippen LogP contribution in [0.4, 0.5) is 5.88 Å². The lowest BCUT2D eigenvalue weighted by molar-refractivity contribution is -0.402. The third kappa shape index (κ3) is 4.90. The summed E-state index contributed by atoms with van der Waals surface area (Å²) in [6.45, 7) is 4.38. The van der Waals surface area contributed by atoms with E-state index in [4.69, 9.17) is 4.42 Å². The zero-order valence-electron chi connectivity index (χ0n) is 11.4. The van der Waals surface area contributed by atoms with Crippen LogP contribution in [0, 0.1) is 16.0 Å². The van der Waals surface area contributed by atoms with Gasteiger partial charge in [-0.1, -0.05) is 52.4 Å². The van der Waals surface area contributed by atoms with Crippen molar-refractivity contribution < 1.29 is 9.34 Å². The Balaban J connectivity index is 2.39. The SMILES string of the molecule is CCCCCCC(CC)Cc1ccc([N+](=O)[O-])o1. The second-order valence-corrected chi connectivity index (χ2v) is 4.82. The maximum Gasteiger partial charge on any atom is 0.433 e. The summed E-state index contributed by atoms with van der Waals surface area (Å²) in [5.41, 5.74) is 0. The average Bonchev–Trinajstić information content (AvgIpc) is 2.81. The largest absolute Gasteiger partial charge is 0.433 e. The molecule has 0 radical (unpaired) electrons. The van der Waals surface area contributed by atoms with E-state index in [1.54, 1.807) is 6.07 Å². The van der Waals surface area contributed by atoms with Crippen molar-refractivity contribution >= 4 is 5.88 Å². The first kappa shape index (κ1) is 14.7. The van der Waals surface area contributed by atoms with Crippen LogP contribution < -0.4 is 0 Å². The normalized spacial score (nSPS) is 12.6. The molecule has 1 aromatic heterocycles. The predicted octanol–water partition coefficient (Wildman–Crippen LogP) is 4.73. The molecule has 4 heteroatoms. The van der Waals surface area contributed by atoms with Gasteiger partial charge in [0.15, 0.2) is 0 Å². The molecule has 0 bridgehead atoms. The van der Waals surface area contributed by atoms with Gasteiger partial charge >= 0.3 is 5.88 Å². The van der Waals surface area contributed by atoms with Crippen LogP contribution in [0.5, 0.6) is 0 Å². The van der Waals surface area contributed by atoms with Crippen molar-refractivity contribution in [1.82, 2.24) is 0 Å². The van der Waals surface area contributed by atoms with Gasteiger partial charge in [-0.3, -0.25) is 10.1 Å². The highest BCUT2D eigenvalue weighted by Gasteiger charge is 2.15. The van der Waals surface area contributed by atoms with Gasteiger partial charge in [-0.2, -0.15) is 0 Å². The lowest BCUT2D eigenvalue weighted by Gasteiger charge is -2.12. The molecule has 0 saturated heterocycles. The summed E-state index contributed by atoms with van der Waals surface area (Å²) < 4.78 is 5.21. The van der Waals surface area contributed by atoms with E-state index in [0.29, 0.717) is 5.92 Å². The molecule has 0 spiro atoms. The van der Waals surface area contributed by atoms with Crippen molar-refractivity contribution in [3.63, 3.8) is 0 Å². The molecule has 0 aliphatic rings. The molecule has 0 amide bonds. The fourth-order valence-electron chi connectivity index (χ4n) is 2.17. The Labute approximate surface area is 109 Å². The molecule has 0 aromatic carbocycles. The van der Waals surface area contributed by atoms with E-state index < -0.39 is 4.92 Å². The molecule has 1 heterocycles. The fourth-order valence-corrected chi connectivity index (χ4v) is 2.17. The van der Waals surface area contributed by atoms with E-state index >= 15 is 0 Å². The van der Waals surface area contributed by atoms with Crippen molar-refractivity contribution in [2.45, 2.75) is 58.8 Å². The smallest absolute Gasteiger partial charge is 0.406 e. The van der Waals surface area contributed by atoms with Crippen molar-refractivity contribution in [3.05, 3.63) is 28.0 Å². The third-order valence-electron chi connectivity index (χ3n) is 3.36. The highest BCUT2D eigenvalue weighted by atomic mass is 16.6. The molecule has 18 heavy (non-hydrogen) atoms. The zero-order valence-corrected chi connectivity index (χ0v) is 11.4. The van der Waals surface area contributed by atoms with E-state index in [-0.39, 0.29) is 5.88 Å². The third-order valence-corrected chi connectivity index (χ3v) is 3.36. The second kappa shape index (κ2) is 7.90. The standard InChI is InChI=1S/C14H23NO3/c1-3-5-6-7-8-12(4-2)11-13-9-10-14(18-13)15(16)17/h9-10,12H,3-8,11H2,1-2H3. The molecule has 1 rings (SSSR count). The van der Waals surface area contributed by atoms with Gasteiger partial charge in [-0.15, -0.1) is 0 Å². The second-order valence-electron chi connectivity index (χ2n) is 4.82. The van der Waals surface area contributed by atoms with E-state index in [9.17, 15) is 10.1 Å². The lowest BCUT2D eigenvalue weighted by atomic mass is 9.94. The molecule has 0 aliphatic heterocycles. The summed E-state index contributed by atoms with van der Waals surface area (Å²) in [7, 11) is 0. The predicted molar refractivity (Wildman–Crippen MR) is 71.6 cm³/mol. The maximum absolute atomic E-state index is 10.5. The summed E-state index contributed by atoms with van der Waals surface area (Å²) in [6, 6.07) is 3.17. The molecule has 1 aromatic rings. The Morgan fingerprint density at radius 3 is 2.61 bits per heavy atom. The number of rotatable bonds is 9. The molecular weight excluding hydrogens is 230 g/mol. The first-order valence-electron chi connectivity index (χ1n) is 6.90. The van der Waals surface area contributed by atoms with E-state index in [1.165, 1.54) is 38.2 Å².